The number of hydrogen-bond donors (Lipinski definition) is 0. The zero-order valence-corrected chi connectivity index (χ0v) is 26.7. The van der Waals surface area contributed by atoms with E-state index in [0.717, 1.165) is 0 Å². The van der Waals surface area contributed by atoms with Crippen molar-refractivity contribution in [3.8, 4) is 0 Å². The second-order valence-electron chi connectivity index (χ2n) is 10.7. The maximum absolute atomic E-state index is 2.37. The minimum Gasteiger partial charge on any atom is -1.00 e. The van der Waals surface area contributed by atoms with Gasteiger partial charge in [-0.05, 0) is 0 Å². The first-order valence-electron chi connectivity index (χ1n) is 14.2. The Hall–Kier alpha value is 0.163. The minimum absolute atomic E-state index is 0. The van der Waals surface area contributed by atoms with Crippen LogP contribution in [0.1, 0.15) is 136 Å². The molecule has 2 aliphatic rings. The fourth-order valence-corrected chi connectivity index (χ4v) is 5.90. The number of aryl methyl sites for hydroxylation is 4. The van der Waals surface area contributed by atoms with Gasteiger partial charge in [0.05, 0.1) is 0 Å². The van der Waals surface area contributed by atoms with E-state index in [1.54, 1.807) is 22.3 Å². The molecule has 0 saturated heterocycles. The normalized spacial score (nSPS) is 17.9. The molecule has 2 aromatic carbocycles. The molecule has 0 amide bonds. The van der Waals surface area contributed by atoms with Crippen molar-refractivity contribution in [1.29, 1.82) is 0 Å². The van der Waals surface area contributed by atoms with Crippen LogP contribution in [0.25, 0.3) is 0 Å². The molecule has 0 unspecified atom stereocenters. The van der Waals surface area contributed by atoms with Crippen molar-refractivity contribution in [1.82, 2.24) is 0 Å². The Kier molecular flexibility index (Phi) is 21.2. The van der Waals surface area contributed by atoms with E-state index in [0.29, 0.717) is 0 Å². The topological polar surface area (TPSA) is 0 Å². The van der Waals surface area contributed by atoms with Crippen LogP contribution in [-0.2, 0) is 51.9 Å². The first-order valence-corrected chi connectivity index (χ1v) is 14.2. The van der Waals surface area contributed by atoms with Crippen LogP contribution >= 0.6 is 0 Å². The third-order valence-electron chi connectivity index (χ3n) is 8.04. The van der Waals surface area contributed by atoms with E-state index in [1.165, 1.54) is 140 Å². The summed E-state index contributed by atoms with van der Waals surface area (Å²) in [5.74, 6) is 0. The van der Waals surface area contributed by atoms with Gasteiger partial charge in [0.1, 0.15) is 0 Å². The van der Waals surface area contributed by atoms with Crippen molar-refractivity contribution in [3.63, 3.8) is 0 Å². The number of halogens is 2. The minimum atomic E-state index is 0. The molecule has 0 radical (unpaired) electrons. The van der Waals surface area contributed by atoms with Crippen molar-refractivity contribution in [2.75, 3.05) is 0 Å². The van der Waals surface area contributed by atoms with E-state index < -0.39 is 0 Å². The summed E-state index contributed by atoms with van der Waals surface area (Å²) in [5.41, 5.74) is 9.73. The van der Waals surface area contributed by atoms with Crippen molar-refractivity contribution >= 4 is 0 Å². The molecule has 196 valence electrons. The van der Waals surface area contributed by atoms with Gasteiger partial charge in [0.2, 0.25) is 0 Å². The van der Waals surface area contributed by atoms with Gasteiger partial charge >= 0.3 is 26.2 Å². The molecule has 3 heteroatoms. The summed E-state index contributed by atoms with van der Waals surface area (Å²) in [4.78, 5) is 0. The number of hydrogen-bond acceptors (Lipinski definition) is 0. The van der Waals surface area contributed by atoms with Crippen LogP contribution in [0.3, 0.4) is 0 Å². The van der Waals surface area contributed by atoms with Crippen LogP contribution in [0, 0.1) is 13.8 Å². The molecule has 0 heterocycles. The first-order chi connectivity index (χ1) is 15.8. The summed E-state index contributed by atoms with van der Waals surface area (Å²) in [6.45, 7) is 4.56. The molecule has 0 saturated carbocycles. The maximum Gasteiger partial charge on any atom is 4.00 e. The predicted octanol–water partition coefficient (Wildman–Crippen LogP) is 3.87. The molecule has 0 fully saturated rings. The average molecular weight is 597 g/mol. The molecule has 0 N–H and O–H groups in total. The van der Waals surface area contributed by atoms with Crippen molar-refractivity contribution in [3.05, 3.63) is 57.6 Å². The zero-order chi connectivity index (χ0) is 22.4. The Labute approximate surface area is 249 Å². The third kappa shape index (κ3) is 13.0. The second-order valence-corrected chi connectivity index (χ2v) is 10.7. The standard InChI is InChI=1S/2C16H25.2ClH.Zr/c2*1-14-12-13-15-10-8-6-4-2-3-5-7-9-11-16(14)15;;;/h2*12-13H,2-11H2,1H3;2*1H;/q2*-1;;;+4/p-2. The summed E-state index contributed by atoms with van der Waals surface area (Å²) >= 11 is 0. The molecule has 0 nitrogen and oxygen atoms in total. The van der Waals surface area contributed by atoms with E-state index in [-0.39, 0.29) is 51.0 Å². The molecular formula is C32H50Cl2Zr. The average Bonchev–Trinajstić information content (AvgIpc) is 3.30. The van der Waals surface area contributed by atoms with E-state index >= 15 is 0 Å². The van der Waals surface area contributed by atoms with Crippen LogP contribution in [0.15, 0.2) is 24.3 Å². The van der Waals surface area contributed by atoms with Crippen molar-refractivity contribution < 1.29 is 51.0 Å². The fraction of sp³-hybridized carbons (Fsp3) is 0.688. The summed E-state index contributed by atoms with van der Waals surface area (Å²) < 4.78 is 0. The van der Waals surface area contributed by atoms with Crippen LogP contribution in [-0.4, -0.2) is 0 Å². The van der Waals surface area contributed by atoms with E-state index in [1.807, 2.05) is 0 Å². The number of rotatable bonds is 0. The van der Waals surface area contributed by atoms with Gasteiger partial charge in [-0.25, -0.2) is 12.1 Å². The Morgan fingerprint density at radius 3 is 1.00 bits per heavy atom. The molecule has 0 aromatic heterocycles. The van der Waals surface area contributed by atoms with E-state index in [9.17, 15) is 0 Å². The van der Waals surface area contributed by atoms with Gasteiger partial charge in [-0.2, -0.15) is 45.5 Å². The molecule has 0 aliphatic heterocycles. The van der Waals surface area contributed by atoms with Gasteiger partial charge in [-0.3, -0.25) is 0 Å². The van der Waals surface area contributed by atoms with Crippen molar-refractivity contribution in [2.45, 2.75) is 142 Å². The van der Waals surface area contributed by atoms with E-state index in [2.05, 4.69) is 38.1 Å². The Morgan fingerprint density at radius 1 is 0.429 bits per heavy atom. The number of fused-ring (bicyclic) bond motifs is 2. The monoisotopic (exact) mass is 594 g/mol. The van der Waals surface area contributed by atoms with Gasteiger partial charge in [-0.1, -0.05) is 142 Å². The van der Waals surface area contributed by atoms with Gasteiger partial charge < -0.3 is 24.8 Å². The SMILES string of the molecule is C[c-]1ccc2c1CCCCCCCCCC2.C[c-]1ccc2c1CCCCCCCCCC2.[Cl-].[Cl-].[Zr+4]. The zero-order valence-electron chi connectivity index (χ0n) is 22.7. The molecule has 2 aromatic rings. The Morgan fingerprint density at radius 2 is 0.686 bits per heavy atom. The Balaban J connectivity index is 0.000000608. The van der Waals surface area contributed by atoms with Gasteiger partial charge in [0.15, 0.2) is 0 Å². The summed E-state index contributed by atoms with van der Waals surface area (Å²) in [6, 6.07) is 9.39. The molecule has 0 bridgehead atoms. The summed E-state index contributed by atoms with van der Waals surface area (Å²) in [5, 5.41) is 0. The molecular weight excluding hydrogens is 546 g/mol. The largest absolute Gasteiger partial charge is 4.00 e. The fourth-order valence-electron chi connectivity index (χ4n) is 5.90. The quantitative estimate of drug-likeness (QED) is 0.406. The van der Waals surface area contributed by atoms with Crippen LogP contribution in [0.4, 0.5) is 0 Å². The van der Waals surface area contributed by atoms with Gasteiger partial charge in [-0.15, -0.1) is 0 Å². The molecule has 0 spiro atoms. The van der Waals surface area contributed by atoms with Crippen LogP contribution < -0.4 is 24.8 Å². The smallest absolute Gasteiger partial charge is 1.00 e. The van der Waals surface area contributed by atoms with Gasteiger partial charge in [0, 0.05) is 0 Å². The van der Waals surface area contributed by atoms with Crippen molar-refractivity contribution in [2.24, 2.45) is 0 Å². The van der Waals surface area contributed by atoms with Crippen LogP contribution in [0.2, 0.25) is 0 Å². The third-order valence-corrected chi connectivity index (χ3v) is 8.04. The molecule has 2 aliphatic carbocycles. The van der Waals surface area contributed by atoms with Gasteiger partial charge in [0.25, 0.3) is 0 Å². The summed E-state index contributed by atoms with van der Waals surface area (Å²) in [7, 11) is 0. The molecule has 4 rings (SSSR count). The maximum atomic E-state index is 2.37. The second kappa shape index (κ2) is 21.1. The van der Waals surface area contributed by atoms with Crippen LogP contribution in [0.5, 0.6) is 0 Å². The Bertz CT molecular complexity index is 693. The first kappa shape index (κ1) is 35.2. The molecule has 0 atom stereocenters. The summed E-state index contributed by atoms with van der Waals surface area (Å²) in [6.07, 6.45) is 28.3. The predicted molar refractivity (Wildman–Crippen MR) is 142 cm³/mol. The van der Waals surface area contributed by atoms with E-state index in [4.69, 9.17) is 0 Å². The molecule has 35 heavy (non-hydrogen) atoms.